The van der Waals surface area contributed by atoms with Gasteiger partial charge in [-0.05, 0) is 38.0 Å². The van der Waals surface area contributed by atoms with Crippen molar-refractivity contribution in [2.45, 2.75) is 25.4 Å². The minimum absolute atomic E-state index is 0.122. The minimum Gasteiger partial charge on any atom is -0.397 e. The number of ether oxygens (including phenoxy) is 1. The van der Waals surface area contributed by atoms with E-state index in [1.807, 2.05) is 12.1 Å². The van der Waals surface area contributed by atoms with Crippen molar-refractivity contribution in [2.24, 2.45) is 0 Å². The van der Waals surface area contributed by atoms with Crippen LogP contribution >= 0.6 is 0 Å². The molecular formula is C15H23N3O2. The maximum Gasteiger partial charge on any atom is 0.251 e. The summed E-state index contributed by atoms with van der Waals surface area (Å²) >= 11 is 0. The number of hydrogen-bond acceptors (Lipinski definition) is 4. The maximum absolute atomic E-state index is 11.6. The molecule has 1 saturated heterocycles. The first-order valence-corrected chi connectivity index (χ1v) is 6.91. The lowest BCUT2D eigenvalue weighted by molar-refractivity contribution is -0.00462. The number of anilines is 2. The molecule has 1 heterocycles. The summed E-state index contributed by atoms with van der Waals surface area (Å²) in [5.74, 6) is -0.122. The average molecular weight is 277 g/mol. The standard InChI is InChI=1S/C15H23N3O2/c1-15(20-3)7-4-8-18(10-15)13-6-5-11(9-12(13)16)14(19)17-2/h5-6,9H,4,7-8,10,16H2,1-3H3,(H,17,19). The predicted octanol–water partition coefficient (Wildman–Crippen LogP) is 1.63. The van der Waals surface area contributed by atoms with Gasteiger partial charge in [-0.15, -0.1) is 0 Å². The Labute approximate surface area is 120 Å². The van der Waals surface area contributed by atoms with Gasteiger partial charge < -0.3 is 20.7 Å². The highest BCUT2D eigenvalue weighted by atomic mass is 16.5. The molecule has 1 atom stereocenters. The number of piperidine rings is 1. The third-order valence-electron chi connectivity index (χ3n) is 4.01. The van der Waals surface area contributed by atoms with E-state index in [9.17, 15) is 4.79 Å². The summed E-state index contributed by atoms with van der Waals surface area (Å²) in [6.45, 7) is 3.89. The van der Waals surface area contributed by atoms with Crippen LogP contribution in [0.25, 0.3) is 0 Å². The van der Waals surface area contributed by atoms with Gasteiger partial charge in [-0.25, -0.2) is 0 Å². The lowest BCUT2D eigenvalue weighted by Crippen LogP contribution is -2.47. The van der Waals surface area contributed by atoms with Crippen molar-refractivity contribution in [2.75, 3.05) is 37.9 Å². The quantitative estimate of drug-likeness (QED) is 0.824. The van der Waals surface area contributed by atoms with Gasteiger partial charge >= 0.3 is 0 Å². The number of nitrogen functional groups attached to an aromatic ring is 1. The molecule has 1 unspecified atom stereocenters. The average Bonchev–Trinajstić information content (AvgIpc) is 2.46. The Morgan fingerprint density at radius 3 is 2.85 bits per heavy atom. The fourth-order valence-corrected chi connectivity index (χ4v) is 2.71. The van der Waals surface area contributed by atoms with Gasteiger partial charge in [-0.1, -0.05) is 0 Å². The van der Waals surface area contributed by atoms with Crippen LogP contribution in [-0.4, -0.2) is 38.8 Å². The molecule has 5 heteroatoms. The summed E-state index contributed by atoms with van der Waals surface area (Å²) in [7, 11) is 3.36. The van der Waals surface area contributed by atoms with Crippen LogP contribution < -0.4 is 16.0 Å². The van der Waals surface area contributed by atoms with Gasteiger partial charge in [0.15, 0.2) is 0 Å². The van der Waals surface area contributed by atoms with E-state index in [1.165, 1.54) is 0 Å². The number of nitrogens with two attached hydrogens (primary N) is 1. The van der Waals surface area contributed by atoms with Crippen LogP contribution in [-0.2, 0) is 4.74 Å². The SMILES string of the molecule is CNC(=O)c1ccc(N2CCCC(C)(OC)C2)c(N)c1. The largest absolute Gasteiger partial charge is 0.397 e. The van der Waals surface area contributed by atoms with Crippen molar-refractivity contribution in [1.29, 1.82) is 0 Å². The predicted molar refractivity (Wildman–Crippen MR) is 81.1 cm³/mol. The second-order valence-corrected chi connectivity index (χ2v) is 5.53. The second kappa shape index (κ2) is 5.71. The summed E-state index contributed by atoms with van der Waals surface area (Å²) in [5, 5.41) is 2.60. The molecule has 3 N–H and O–H groups in total. The maximum atomic E-state index is 11.6. The third-order valence-corrected chi connectivity index (χ3v) is 4.01. The van der Waals surface area contributed by atoms with Crippen LogP contribution in [0.5, 0.6) is 0 Å². The zero-order valence-corrected chi connectivity index (χ0v) is 12.4. The Kier molecular flexibility index (Phi) is 4.18. The highest BCUT2D eigenvalue weighted by Gasteiger charge is 2.31. The molecule has 1 aliphatic heterocycles. The van der Waals surface area contributed by atoms with Crippen molar-refractivity contribution in [1.82, 2.24) is 5.32 Å². The lowest BCUT2D eigenvalue weighted by Gasteiger charge is -2.41. The molecule has 0 radical (unpaired) electrons. The summed E-state index contributed by atoms with van der Waals surface area (Å²) in [4.78, 5) is 13.8. The molecule has 1 aromatic carbocycles. The molecule has 110 valence electrons. The topological polar surface area (TPSA) is 67.6 Å². The highest BCUT2D eigenvalue weighted by Crippen LogP contribution is 2.31. The zero-order valence-electron chi connectivity index (χ0n) is 12.4. The van der Waals surface area contributed by atoms with Gasteiger partial charge in [-0.3, -0.25) is 4.79 Å². The first kappa shape index (κ1) is 14.7. The smallest absolute Gasteiger partial charge is 0.251 e. The molecule has 5 nitrogen and oxygen atoms in total. The Morgan fingerprint density at radius 1 is 1.50 bits per heavy atom. The first-order chi connectivity index (χ1) is 9.49. The Bertz CT molecular complexity index is 504. The lowest BCUT2D eigenvalue weighted by atomic mass is 9.94. The van der Waals surface area contributed by atoms with Crippen molar-refractivity contribution in [3.05, 3.63) is 23.8 Å². The number of benzene rings is 1. The van der Waals surface area contributed by atoms with Gasteiger partial charge in [0.2, 0.25) is 0 Å². The van der Waals surface area contributed by atoms with E-state index < -0.39 is 0 Å². The molecule has 20 heavy (non-hydrogen) atoms. The molecule has 1 amide bonds. The number of hydrogen-bond donors (Lipinski definition) is 2. The van der Waals surface area contributed by atoms with Crippen molar-refractivity contribution >= 4 is 17.3 Å². The zero-order chi connectivity index (χ0) is 14.8. The molecule has 0 bridgehead atoms. The van der Waals surface area contributed by atoms with E-state index in [2.05, 4.69) is 17.1 Å². The van der Waals surface area contributed by atoms with Crippen molar-refractivity contribution in [3.63, 3.8) is 0 Å². The van der Waals surface area contributed by atoms with Gasteiger partial charge in [-0.2, -0.15) is 0 Å². The van der Waals surface area contributed by atoms with E-state index in [4.69, 9.17) is 10.5 Å². The fraction of sp³-hybridized carbons (Fsp3) is 0.533. The number of nitrogens with zero attached hydrogens (tertiary/aromatic N) is 1. The van der Waals surface area contributed by atoms with Crippen LogP contribution in [0, 0.1) is 0 Å². The molecule has 0 aromatic heterocycles. The molecule has 0 spiro atoms. The third kappa shape index (κ3) is 2.88. The van der Waals surface area contributed by atoms with Crippen LogP contribution in [0.1, 0.15) is 30.1 Å². The first-order valence-electron chi connectivity index (χ1n) is 6.91. The molecule has 2 rings (SSSR count). The van der Waals surface area contributed by atoms with Crippen LogP contribution in [0.3, 0.4) is 0 Å². The fourth-order valence-electron chi connectivity index (χ4n) is 2.71. The number of amides is 1. The summed E-state index contributed by atoms with van der Waals surface area (Å²) in [6.07, 6.45) is 2.12. The number of rotatable bonds is 3. The molecule has 0 saturated carbocycles. The number of carbonyl (C=O) groups is 1. The van der Waals surface area contributed by atoms with Gasteiger partial charge in [0, 0.05) is 32.8 Å². The van der Waals surface area contributed by atoms with Crippen molar-refractivity contribution in [3.8, 4) is 0 Å². The van der Waals surface area contributed by atoms with Crippen LogP contribution in [0.15, 0.2) is 18.2 Å². The Balaban J connectivity index is 2.23. The second-order valence-electron chi connectivity index (χ2n) is 5.53. The van der Waals surface area contributed by atoms with Gasteiger partial charge in [0.25, 0.3) is 5.91 Å². The minimum atomic E-state index is -0.135. The summed E-state index contributed by atoms with van der Waals surface area (Å²) < 4.78 is 5.60. The number of methoxy groups -OCH3 is 1. The number of carbonyl (C=O) groups excluding carboxylic acids is 1. The molecule has 1 fully saturated rings. The van der Waals surface area contributed by atoms with Crippen LogP contribution in [0.2, 0.25) is 0 Å². The molecule has 1 aromatic rings. The van der Waals surface area contributed by atoms with Crippen LogP contribution in [0.4, 0.5) is 11.4 Å². The van der Waals surface area contributed by atoms with E-state index in [0.29, 0.717) is 11.3 Å². The molecular weight excluding hydrogens is 254 g/mol. The summed E-state index contributed by atoms with van der Waals surface area (Å²) in [5.41, 5.74) is 8.16. The Morgan fingerprint density at radius 2 is 2.25 bits per heavy atom. The highest BCUT2D eigenvalue weighted by molar-refractivity contribution is 5.96. The van der Waals surface area contributed by atoms with Gasteiger partial charge in [0.1, 0.15) is 0 Å². The monoisotopic (exact) mass is 277 g/mol. The molecule has 1 aliphatic rings. The normalized spacial score (nSPS) is 22.6. The van der Waals surface area contributed by atoms with E-state index in [-0.39, 0.29) is 11.5 Å². The number of nitrogens with one attached hydrogen (secondary N) is 1. The van der Waals surface area contributed by atoms with E-state index in [0.717, 1.165) is 31.6 Å². The summed E-state index contributed by atoms with van der Waals surface area (Å²) in [6, 6.07) is 5.46. The van der Waals surface area contributed by atoms with Crippen molar-refractivity contribution < 1.29 is 9.53 Å². The Hall–Kier alpha value is -1.75. The van der Waals surface area contributed by atoms with E-state index >= 15 is 0 Å². The van der Waals surface area contributed by atoms with E-state index in [1.54, 1.807) is 20.2 Å². The molecule has 0 aliphatic carbocycles. The van der Waals surface area contributed by atoms with Gasteiger partial charge in [0.05, 0.1) is 17.0 Å².